The number of hydrogen-bond acceptors (Lipinski definition) is 3. The molecule has 100 valence electrons. The maximum atomic E-state index is 12.3. The van der Waals surface area contributed by atoms with E-state index >= 15 is 0 Å². The summed E-state index contributed by atoms with van der Waals surface area (Å²) in [7, 11) is 0. The maximum Gasteiger partial charge on any atom is 0.314 e. The van der Waals surface area contributed by atoms with Crippen molar-refractivity contribution in [3.63, 3.8) is 0 Å². The van der Waals surface area contributed by atoms with Gasteiger partial charge in [-0.2, -0.15) is 0 Å². The van der Waals surface area contributed by atoms with Gasteiger partial charge in [-0.1, -0.05) is 24.3 Å². The lowest BCUT2D eigenvalue weighted by Gasteiger charge is -2.11. The van der Waals surface area contributed by atoms with Crippen LogP contribution in [0.15, 0.2) is 48.7 Å². The van der Waals surface area contributed by atoms with E-state index in [4.69, 9.17) is 0 Å². The molecule has 4 heteroatoms. The first-order valence-electron chi connectivity index (χ1n) is 6.43. The van der Waals surface area contributed by atoms with Gasteiger partial charge in [-0.3, -0.25) is 14.6 Å². The molecule has 0 aliphatic heterocycles. The Hall–Kier alpha value is -2.49. The quantitative estimate of drug-likeness (QED) is 0.864. The summed E-state index contributed by atoms with van der Waals surface area (Å²) in [6.45, 7) is 0. The van der Waals surface area contributed by atoms with Gasteiger partial charge in [0.1, 0.15) is 5.69 Å². The van der Waals surface area contributed by atoms with Crippen molar-refractivity contribution in [2.75, 3.05) is 0 Å². The number of nitrogens with zero attached hydrogens (tertiary/aromatic N) is 1. The number of aromatic nitrogens is 1. The van der Waals surface area contributed by atoms with Gasteiger partial charge in [0.25, 0.3) is 0 Å². The second-order valence-corrected chi connectivity index (χ2v) is 5.01. The molecule has 0 unspecified atom stereocenters. The van der Waals surface area contributed by atoms with Crippen LogP contribution in [-0.4, -0.2) is 21.8 Å². The third kappa shape index (κ3) is 1.99. The van der Waals surface area contributed by atoms with Crippen LogP contribution in [0.1, 0.15) is 34.5 Å². The number of ketones is 1. The Bertz CT molecular complexity index is 675. The van der Waals surface area contributed by atoms with E-state index in [1.165, 1.54) is 0 Å². The summed E-state index contributed by atoms with van der Waals surface area (Å²) < 4.78 is 0. The zero-order valence-corrected chi connectivity index (χ0v) is 10.7. The average Bonchev–Trinajstić information content (AvgIpc) is 3.29. The Labute approximate surface area is 116 Å². The number of aliphatic carboxylic acids is 1. The number of hydrogen-bond donors (Lipinski definition) is 1. The van der Waals surface area contributed by atoms with Gasteiger partial charge in [0.2, 0.25) is 5.78 Å². The van der Waals surface area contributed by atoms with E-state index in [1.807, 2.05) is 0 Å². The summed E-state index contributed by atoms with van der Waals surface area (Å²) in [6.07, 6.45) is 2.82. The molecule has 0 bridgehead atoms. The van der Waals surface area contributed by atoms with Crippen molar-refractivity contribution >= 4 is 11.8 Å². The Morgan fingerprint density at radius 2 is 1.90 bits per heavy atom. The first kappa shape index (κ1) is 12.5. The van der Waals surface area contributed by atoms with Gasteiger partial charge in [0.05, 0.1) is 5.41 Å². The van der Waals surface area contributed by atoms with Gasteiger partial charge < -0.3 is 5.11 Å². The van der Waals surface area contributed by atoms with Crippen molar-refractivity contribution in [1.29, 1.82) is 0 Å². The van der Waals surface area contributed by atoms with Crippen molar-refractivity contribution < 1.29 is 14.7 Å². The van der Waals surface area contributed by atoms with Crippen molar-refractivity contribution in [2.24, 2.45) is 0 Å². The molecule has 1 saturated carbocycles. The van der Waals surface area contributed by atoms with Crippen LogP contribution in [0.4, 0.5) is 0 Å². The van der Waals surface area contributed by atoms with E-state index in [2.05, 4.69) is 4.98 Å². The largest absolute Gasteiger partial charge is 0.481 e. The molecule has 1 heterocycles. The smallest absolute Gasteiger partial charge is 0.314 e. The minimum absolute atomic E-state index is 0.186. The standard InChI is InChI=1S/C16H13NO3/c18-14(13-6-1-2-9-17-13)11-4-3-5-12(10-11)16(7-8-16)15(19)20/h1-6,9-10H,7-8H2,(H,19,20). The molecular weight excluding hydrogens is 254 g/mol. The Kier molecular flexibility index (Phi) is 2.86. The lowest BCUT2D eigenvalue weighted by Crippen LogP contribution is -2.20. The second kappa shape index (κ2) is 4.56. The summed E-state index contributed by atoms with van der Waals surface area (Å²) in [4.78, 5) is 27.7. The van der Waals surface area contributed by atoms with E-state index in [9.17, 15) is 14.7 Å². The third-order valence-corrected chi connectivity index (χ3v) is 3.73. The Balaban J connectivity index is 1.97. The third-order valence-electron chi connectivity index (χ3n) is 3.73. The summed E-state index contributed by atoms with van der Waals surface area (Å²) in [5.41, 5.74) is 0.755. The van der Waals surface area contributed by atoms with E-state index in [0.717, 1.165) is 0 Å². The predicted octanol–water partition coefficient (Wildman–Crippen LogP) is 2.43. The molecule has 0 amide bonds. The van der Waals surface area contributed by atoms with Crippen molar-refractivity contribution in [3.05, 3.63) is 65.5 Å². The summed E-state index contributed by atoms with van der Waals surface area (Å²) >= 11 is 0. The highest BCUT2D eigenvalue weighted by Gasteiger charge is 2.51. The zero-order chi connectivity index (χ0) is 14.2. The lowest BCUT2D eigenvalue weighted by molar-refractivity contribution is -0.140. The van der Waals surface area contributed by atoms with Crippen LogP contribution < -0.4 is 0 Å². The number of benzene rings is 1. The lowest BCUT2D eigenvalue weighted by atomic mass is 9.93. The summed E-state index contributed by atoms with van der Waals surface area (Å²) in [6, 6.07) is 12.0. The van der Waals surface area contributed by atoms with E-state index < -0.39 is 11.4 Å². The highest BCUT2D eigenvalue weighted by Crippen LogP contribution is 2.48. The number of rotatable bonds is 4. The molecule has 1 N–H and O–H groups in total. The molecular formula is C16H13NO3. The van der Waals surface area contributed by atoms with Crippen LogP contribution in [0.5, 0.6) is 0 Å². The molecule has 1 aromatic carbocycles. The molecule has 0 spiro atoms. The molecule has 1 aromatic heterocycles. The maximum absolute atomic E-state index is 12.3. The molecule has 2 aromatic rings. The van der Waals surface area contributed by atoms with Crippen LogP contribution in [0.2, 0.25) is 0 Å². The minimum Gasteiger partial charge on any atom is -0.481 e. The minimum atomic E-state index is -0.820. The molecule has 1 aliphatic carbocycles. The summed E-state index contributed by atoms with van der Waals surface area (Å²) in [5, 5.41) is 9.31. The average molecular weight is 267 g/mol. The van der Waals surface area contributed by atoms with Gasteiger partial charge in [-0.05, 0) is 36.6 Å². The van der Waals surface area contributed by atoms with Crippen LogP contribution in [0.25, 0.3) is 0 Å². The molecule has 3 rings (SSSR count). The molecule has 1 aliphatic rings. The van der Waals surface area contributed by atoms with E-state index in [-0.39, 0.29) is 5.78 Å². The van der Waals surface area contributed by atoms with Crippen molar-refractivity contribution in [1.82, 2.24) is 4.98 Å². The van der Waals surface area contributed by atoms with Gasteiger partial charge in [-0.25, -0.2) is 0 Å². The zero-order valence-electron chi connectivity index (χ0n) is 10.7. The van der Waals surface area contributed by atoms with Crippen molar-refractivity contribution in [3.8, 4) is 0 Å². The Morgan fingerprint density at radius 1 is 1.10 bits per heavy atom. The van der Waals surface area contributed by atoms with Crippen LogP contribution in [0.3, 0.4) is 0 Å². The molecule has 1 fully saturated rings. The number of carboxylic acid groups (broad SMARTS) is 1. The highest BCUT2D eigenvalue weighted by atomic mass is 16.4. The van der Waals surface area contributed by atoms with Gasteiger partial charge in [0.15, 0.2) is 0 Å². The number of pyridine rings is 1. The first-order chi connectivity index (χ1) is 9.63. The summed E-state index contributed by atoms with van der Waals surface area (Å²) in [5.74, 6) is -1.01. The van der Waals surface area contributed by atoms with E-state index in [1.54, 1.807) is 48.7 Å². The van der Waals surface area contributed by atoms with Gasteiger partial charge >= 0.3 is 5.97 Å². The second-order valence-electron chi connectivity index (χ2n) is 5.01. The number of carbonyl (C=O) groups excluding carboxylic acids is 1. The monoisotopic (exact) mass is 267 g/mol. The SMILES string of the molecule is O=C(c1cccc(C2(C(=O)O)CC2)c1)c1ccccn1. The van der Waals surface area contributed by atoms with Crippen molar-refractivity contribution in [2.45, 2.75) is 18.3 Å². The number of carboxylic acids is 1. The highest BCUT2D eigenvalue weighted by molar-refractivity contribution is 6.07. The van der Waals surface area contributed by atoms with E-state index in [0.29, 0.717) is 29.7 Å². The molecule has 20 heavy (non-hydrogen) atoms. The van der Waals surface area contributed by atoms with Crippen LogP contribution in [-0.2, 0) is 10.2 Å². The number of carbonyl (C=O) groups is 2. The topological polar surface area (TPSA) is 67.3 Å². The molecule has 0 radical (unpaired) electrons. The molecule has 0 saturated heterocycles. The van der Waals surface area contributed by atoms with Gasteiger partial charge in [0, 0.05) is 11.8 Å². The predicted molar refractivity (Wildman–Crippen MR) is 72.7 cm³/mol. The first-order valence-corrected chi connectivity index (χ1v) is 6.43. The molecule has 4 nitrogen and oxygen atoms in total. The van der Waals surface area contributed by atoms with Crippen LogP contribution >= 0.6 is 0 Å². The van der Waals surface area contributed by atoms with Gasteiger partial charge in [-0.15, -0.1) is 0 Å². The fourth-order valence-electron chi connectivity index (χ4n) is 2.35. The fourth-order valence-corrected chi connectivity index (χ4v) is 2.35. The normalized spacial score (nSPS) is 15.6. The fraction of sp³-hybridized carbons (Fsp3) is 0.188. The molecule has 0 atom stereocenters. The van der Waals surface area contributed by atoms with Crippen LogP contribution in [0, 0.1) is 0 Å². The Morgan fingerprint density at radius 3 is 2.50 bits per heavy atom.